The molecule has 0 unspecified atom stereocenters. The molecular formula is C16H17N3O2S. The van der Waals surface area contributed by atoms with Gasteiger partial charge in [-0.2, -0.15) is 0 Å². The van der Waals surface area contributed by atoms with E-state index in [2.05, 4.69) is 16.4 Å². The molecule has 1 amide bonds. The van der Waals surface area contributed by atoms with E-state index in [1.807, 2.05) is 17.0 Å². The number of rotatable bonds is 3. The first-order valence-corrected chi connectivity index (χ1v) is 8.08. The SMILES string of the molecule is NCC(=O)N1CC2=C(CN(Sc3ccc4occc4c3)C2)C1. The molecule has 2 N–H and O–H groups in total. The summed E-state index contributed by atoms with van der Waals surface area (Å²) in [4.78, 5) is 14.7. The number of amides is 1. The van der Waals surface area contributed by atoms with Gasteiger partial charge in [0.05, 0.1) is 12.8 Å². The first kappa shape index (κ1) is 13.9. The molecule has 0 saturated carbocycles. The Morgan fingerprint density at radius 2 is 1.95 bits per heavy atom. The van der Waals surface area contributed by atoms with Gasteiger partial charge < -0.3 is 15.1 Å². The highest BCUT2D eigenvalue weighted by Gasteiger charge is 2.31. The van der Waals surface area contributed by atoms with Crippen LogP contribution in [-0.4, -0.2) is 47.8 Å². The third-order valence-electron chi connectivity index (χ3n) is 4.18. The lowest BCUT2D eigenvalue weighted by molar-refractivity contribution is -0.128. The van der Waals surface area contributed by atoms with Gasteiger partial charge in [-0.05, 0) is 47.4 Å². The van der Waals surface area contributed by atoms with Gasteiger partial charge in [0, 0.05) is 36.5 Å². The molecule has 2 aliphatic heterocycles. The van der Waals surface area contributed by atoms with E-state index in [1.165, 1.54) is 16.0 Å². The zero-order valence-corrected chi connectivity index (χ0v) is 12.9. The normalized spacial score (nSPS) is 18.5. The van der Waals surface area contributed by atoms with E-state index in [4.69, 9.17) is 10.2 Å². The molecule has 22 heavy (non-hydrogen) atoms. The largest absolute Gasteiger partial charge is 0.464 e. The van der Waals surface area contributed by atoms with Crippen LogP contribution in [0.15, 0.2) is 51.0 Å². The van der Waals surface area contributed by atoms with Crippen molar-refractivity contribution < 1.29 is 9.21 Å². The van der Waals surface area contributed by atoms with E-state index >= 15 is 0 Å². The minimum Gasteiger partial charge on any atom is -0.464 e. The van der Waals surface area contributed by atoms with E-state index < -0.39 is 0 Å². The van der Waals surface area contributed by atoms with Crippen molar-refractivity contribution in [1.82, 2.24) is 9.21 Å². The van der Waals surface area contributed by atoms with Gasteiger partial charge in [0.25, 0.3) is 0 Å². The minimum atomic E-state index is 0.0408. The maximum atomic E-state index is 11.7. The number of furan rings is 1. The van der Waals surface area contributed by atoms with Crippen LogP contribution in [0.1, 0.15) is 0 Å². The molecule has 114 valence electrons. The van der Waals surface area contributed by atoms with Gasteiger partial charge in [-0.25, -0.2) is 4.31 Å². The molecular weight excluding hydrogens is 298 g/mol. The number of fused-ring (bicyclic) bond motifs is 1. The molecule has 0 spiro atoms. The third kappa shape index (κ3) is 2.43. The quantitative estimate of drug-likeness (QED) is 0.692. The summed E-state index contributed by atoms with van der Waals surface area (Å²) in [6.45, 7) is 3.41. The van der Waals surface area contributed by atoms with Crippen LogP contribution in [0.2, 0.25) is 0 Å². The molecule has 0 radical (unpaired) electrons. The number of carbonyl (C=O) groups excluding carboxylic acids is 1. The molecule has 0 bridgehead atoms. The van der Waals surface area contributed by atoms with E-state index in [0.29, 0.717) is 0 Å². The molecule has 0 saturated heterocycles. The lowest BCUT2D eigenvalue weighted by Gasteiger charge is -2.21. The highest BCUT2D eigenvalue weighted by Crippen LogP contribution is 2.34. The van der Waals surface area contributed by atoms with Crippen molar-refractivity contribution in [3.8, 4) is 0 Å². The number of nitrogens with two attached hydrogens (primary N) is 1. The van der Waals surface area contributed by atoms with Crippen LogP contribution in [0, 0.1) is 0 Å². The van der Waals surface area contributed by atoms with Crippen molar-refractivity contribution in [2.45, 2.75) is 4.90 Å². The molecule has 0 fully saturated rings. The first-order chi connectivity index (χ1) is 10.7. The van der Waals surface area contributed by atoms with Crippen LogP contribution in [0.4, 0.5) is 0 Å². The van der Waals surface area contributed by atoms with E-state index in [0.717, 1.165) is 37.1 Å². The summed E-state index contributed by atoms with van der Waals surface area (Å²) in [5.41, 5.74) is 9.10. The first-order valence-electron chi connectivity index (χ1n) is 7.31. The molecule has 4 rings (SSSR count). The summed E-state index contributed by atoms with van der Waals surface area (Å²) in [5, 5.41) is 1.13. The van der Waals surface area contributed by atoms with Gasteiger partial charge in [-0.3, -0.25) is 4.79 Å². The van der Waals surface area contributed by atoms with Crippen molar-refractivity contribution in [2.24, 2.45) is 5.73 Å². The second-order valence-corrected chi connectivity index (χ2v) is 6.84. The van der Waals surface area contributed by atoms with Gasteiger partial charge in [0.15, 0.2) is 0 Å². The molecule has 0 aliphatic carbocycles. The Balaban J connectivity index is 1.40. The maximum absolute atomic E-state index is 11.7. The highest BCUT2D eigenvalue weighted by atomic mass is 32.2. The molecule has 2 aliphatic rings. The molecule has 6 heteroatoms. The predicted molar refractivity (Wildman–Crippen MR) is 86.3 cm³/mol. The Labute approximate surface area is 132 Å². The second kappa shape index (κ2) is 5.46. The van der Waals surface area contributed by atoms with Crippen LogP contribution in [0.25, 0.3) is 11.0 Å². The Hall–Kier alpha value is -1.76. The van der Waals surface area contributed by atoms with Crippen LogP contribution >= 0.6 is 11.9 Å². The van der Waals surface area contributed by atoms with Gasteiger partial charge in [-0.1, -0.05) is 0 Å². The topological polar surface area (TPSA) is 62.7 Å². The Kier molecular flexibility index (Phi) is 3.44. The van der Waals surface area contributed by atoms with Crippen molar-refractivity contribution in [2.75, 3.05) is 32.7 Å². The number of carbonyl (C=O) groups is 1. The Bertz CT molecular complexity index is 750. The Morgan fingerprint density at radius 3 is 2.68 bits per heavy atom. The summed E-state index contributed by atoms with van der Waals surface area (Å²) in [6.07, 6.45) is 1.72. The average molecular weight is 315 g/mol. The van der Waals surface area contributed by atoms with Crippen LogP contribution in [0.5, 0.6) is 0 Å². The lowest BCUT2D eigenvalue weighted by atomic mass is 10.2. The fourth-order valence-electron chi connectivity index (χ4n) is 3.07. The standard InChI is InChI=1S/C16H17N3O2S/c17-6-16(20)18-7-12-9-19(10-13(12)8-18)22-14-1-2-15-11(5-14)3-4-21-15/h1-5H,6-10,17H2. The summed E-state index contributed by atoms with van der Waals surface area (Å²) < 4.78 is 7.71. The van der Waals surface area contributed by atoms with E-state index in [1.54, 1.807) is 18.2 Å². The number of hydrogen-bond acceptors (Lipinski definition) is 5. The fourth-order valence-corrected chi connectivity index (χ4v) is 4.11. The minimum absolute atomic E-state index is 0.0408. The zero-order chi connectivity index (χ0) is 15.1. The molecule has 5 nitrogen and oxygen atoms in total. The zero-order valence-electron chi connectivity index (χ0n) is 12.1. The summed E-state index contributed by atoms with van der Waals surface area (Å²) in [7, 11) is 0. The van der Waals surface area contributed by atoms with Crippen molar-refractivity contribution in [1.29, 1.82) is 0 Å². The molecule has 3 heterocycles. The molecule has 0 atom stereocenters. The summed E-state index contributed by atoms with van der Waals surface area (Å²) in [5.74, 6) is 0.0408. The van der Waals surface area contributed by atoms with Crippen LogP contribution in [0.3, 0.4) is 0 Å². The van der Waals surface area contributed by atoms with Crippen molar-refractivity contribution >= 4 is 28.8 Å². The smallest absolute Gasteiger partial charge is 0.236 e. The Morgan fingerprint density at radius 1 is 1.18 bits per heavy atom. The van der Waals surface area contributed by atoms with Crippen LogP contribution < -0.4 is 5.73 Å². The maximum Gasteiger partial charge on any atom is 0.236 e. The molecule has 2 aromatic rings. The average Bonchev–Trinajstić information content (AvgIpc) is 3.19. The van der Waals surface area contributed by atoms with Gasteiger partial charge in [0.2, 0.25) is 5.91 Å². The lowest BCUT2D eigenvalue weighted by Crippen LogP contribution is -2.36. The summed E-state index contributed by atoms with van der Waals surface area (Å²) in [6, 6.07) is 8.23. The number of hydrogen-bond donors (Lipinski definition) is 1. The summed E-state index contributed by atoms with van der Waals surface area (Å²) >= 11 is 1.76. The highest BCUT2D eigenvalue weighted by molar-refractivity contribution is 7.97. The monoisotopic (exact) mass is 315 g/mol. The van der Waals surface area contributed by atoms with E-state index in [9.17, 15) is 4.79 Å². The van der Waals surface area contributed by atoms with Gasteiger partial charge in [0.1, 0.15) is 5.58 Å². The predicted octanol–water partition coefficient (Wildman–Crippen LogP) is 1.85. The third-order valence-corrected chi connectivity index (χ3v) is 5.16. The van der Waals surface area contributed by atoms with Gasteiger partial charge >= 0.3 is 0 Å². The van der Waals surface area contributed by atoms with Gasteiger partial charge in [-0.15, -0.1) is 0 Å². The van der Waals surface area contributed by atoms with Crippen LogP contribution in [-0.2, 0) is 4.79 Å². The van der Waals surface area contributed by atoms with Crippen molar-refractivity contribution in [3.05, 3.63) is 41.7 Å². The molecule has 1 aromatic carbocycles. The molecule has 1 aromatic heterocycles. The number of benzene rings is 1. The number of nitrogens with zero attached hydrogens (tertiary/aromatic N) is 2. The van der Waals surface area contributed by atoms with E-state index in [-0.39, 0.29) is 12.5 Å². The second-order valence-electron chi connectivity index (χ2n) is 5.67. The van der Waals surface area contributed by atoms with Crippen molar-refractivity contribution in [3.63, 3.8) is 0 Å². The fraction of sp³-hybridized carbons (Fsp3) is 0.312.